The lowest BCUT2D eigenvalue weighted by molar-refractivity contribution is -0.130. The number of hydrogen-bond donors (Lipinski definition) is 0. The summed E-state index contributed by atoms with van der Waals surface area (Å²) in [5.41, 5.74) is 0.982. The third kappa shape index (κ3) is 2.47. The van der Waals surface area contributed by atoms with Gasteiger partial charge in [-0.15, -0.1) is 0 Å². The van der Waals surface area contributed by atoms with Crippen molar-refractivity contribution in [3.8, 4) is 0 Å². The highest BCUT2D eigenvalue weighted by atomic mass is 127. The lowest BCUT2D eigenvalue weighted by Gasteiger charge is -2.01. The molecule has 0 aromatic heterocycles. The first-order chi connectivity index (χ1) is 7.29. The molecule has 0 saturated heterocycles. The molecule has 0 heterocycles. The molecular formula is C12H9IO2. The molecule has 2 rings (SSSR count). The van der Waals surface area contributed by atoms with Crippen LogP contribution in [0.4, 0.5) is 0 Å². The van der Waals surface area contributed by atoms with Gasteiger partial charge < -0.3 is 3.07 Å². The van der Waals surface area contributed by atoms with Crippen molar-refractivity contribution in [3.63, 3.8) is 0 Å². The van der Waals surface area contributed by atoms with Gasteiger partial charge >= 0.3 is 5.97 Å². The van der Waals surface area contributed by atoms with Crippen LogP contribution in [0.3, 0.4) is 0 Å². The van der Waals surface area contributed by atoms with E-state index >= 15 is 0 Å². The Morgan fingerprint density at radius 1 is 1.13 bits per heavy atom. The van der Waals surface area contributed by atoms with Gasteiger partial charge in [-0.1, -0.05) is 42.5 Å². The maximum absolute atomic E-state index is 11.1. The van der Waals surface area contributed by atoms with Gasteiger partial charge in [0.2, 0.25) is 0 Å². The number of carbonyl (C=O) groups excluding carboxylic acids is 1. The number of halogens is 1. The topological polar surface area (TPSA) is 26.3 Å². The summed E-state index contributed by atoms with van der Waals surface area (Å²) in [5, 5.41) is 2.33. The van der Waals surface area contributed by atoms with E-state index in [-0.39, 0.29) is 5.97 Å². The first-order valence-corrected chi connectivity index (χ1v) is 5.47. The van der Waals surface area contributed by atoms with Gasteiger partial charge in [-0.25, -0.2) is 0 Å². The zero-order valence-corrected chi connectivity index (χ0v) is 10.1. The Kier molecular flexibility index (Phi) is 3.20. The van der Waals surface area contributed by atoms with Crippen molar-refractivity contribution in [2.75, 3.05) is 0 Å². The van der Waals surface area contributed by atoms with Gasteiger partial charge in [-0.05, 0) is 16.3 Å². The van der Waals surface area contributed by atoms with Crippen LogP contribution >= 0.6 is 23.0 Å². The molecule has 0 radical (unpaired) electrons. The van der Waals surface area contributed by atoms with E-state index in [1.165, 1.54) is 5.39 Å². The van der Waals surface area contributed by atoms with Gasteiger partial charge in [-0.3, -0.25) is 4.79 Å². The van der Waals surface area contributed by atoms with Crippen LogP contribution in [0.1, 0.15) is 5.56 Å². The average Bonchev–Trinajstić information content (AvgIpc) is 2.29. The predicted octanol–water partition coefficient (Wildman–Crippen LogP) is 3.28. The molecule has 0 aliphatic heterocycles. The van der Waals surface area contributed by atoms with E-state index in [4.69, 9.17) is 0 Å². The van der Waals surface area contributed by atoms with Crippen LogP contribution in [0.5, 0.6) is 0 Å². The van der Waals surface area contributed by atoms with E-state index in [1.807, 2.05) is 36.4 Å². The summed E-state index contributed by atoms with van der Waals surface area (Å²) in [4.78, 5) is 11.1. The molecule has 0 amide bonds. The van der Waals surface area contributed by atoms with Crippen molar-refractivity contribution in [1.82, 2.24) is 0 Å². The maximum Gasteiger partial charge on any atom is 0.319 e. The van der Waals surface area contributed by atoms with Crippen LogP contribution in [-0.4, -0.2) is 5.97 Å². The van der Waals surface area contributed by atoms with Gasteiger partial charge in [0.15, 0.2) is 23.0 Å². The molecule has 0 saturated carbocycles. The minimum Gasteiger partial charge on any atom is -0.394 e. The van der Waals surface area contributed by atoms with E-state index < -0.39 is 0 Å². The second-order valence-corrected chi connectivity index (χ2v) is 3.75. The molecule has 76 valence electrons. The van der Waals surface area contributed by atoms with Crippen LogP contribution in [0.25, 0.3) is 10.8 Å². The minimum atomic E-state index is -0.217. The van der Waals surface area contributed by atoms with Crippen molar-refractivity contribution in [3.05, 3.63) is 48.0 Å². The van der Waals surface area contributed by atoms with Crippen molar-refractivity contribution < 1.29 is 7.86 Å². The van der Waals surface area contributed by atoms with E-state index in [2.05, 4.69) is 9.13 Å². The van der Waals surface area contributed by atoms with Crippen LogP contribution < -0.4 is 0 Å². The fourth-order valence-corrected chi connectivity index (χ4v) is 1.70. The molecule has 0 spiro atoms. The third-order valence-electron chi connectivity index (χ3n) is 2.25. The Balaban J connectivity index is 2.34. The summed E-state index contributed by atoms with van der Waals surface area (Å²) in [6, 6.07) is 14.1. The smallest absolute Gasteiger partial charge is 0.319 e. The number of benzene rings is 2. The lowest BCUT2D eigenvalue weighted by Crippen LogP contribution is -2.00. The van der Waals surface area contributed by atoms with Crippen molar-refractivity contribution in [2.24, 2.45) is 0 Å². The number of rotatable bonds is 2. The molecular weight excluding hydrogens is 303 g/mol. The third-order valence-corrected chi connectivity index (χ3v) is 2.74. The molecule has 0 aliphatic carbocycles. The summed E-state index contributed by atoms with van der Waals surface area (Å²) in [6.45, 7) is 0. The minimum absolute atomic E-state index is 0.217. The highest BCUT2D eigenvalue weighted by Gasteiger charge is 2.03. The molecule has 0 fully saturated rings. The van der Waals surface area contributed by atoms with Gasteiger partial charge in [0.05, 0.1) is 6.42 Å². The summed E-state index contributed by atoms with van der Waals surface area (Å²) in [7, 11) is 0. The van der Waals surface area contributed by atoms with Crippen molar-refractivity contribution >= 4 is 39.7 Å². The molecule has 0 unspecified atom stereocenters. The monoisotopic (exact) mass is 312 g/mol. The van der Waals surface area contributed by atoms with Crippen molar-refractivity contribution in [1.29, 1.82) is 0 Å². The fourth-order valence-electron chi connectivity index (χ4n) is 1.54. The predicted molar refractivity (Wildman–Crippen MR) is 67.8 cm³/mol. The molecule has 0 bridgehead atoms. The van der Waals surface area contributed by atoms with Crippen molar-refractivity contribution in [2.45, 2.75) is 6.42 Å². The molecule has 0 aliphatic rings. The molecule has 0 atom stereocenters. The van der Waals surface area contributed by atoms with Gasteiger partial charge in [-0.2, -0.15) is 0 Å². The van der Waals surface area contributed by atoms with Crippen LogP contribution in [0, 0.1) is 0 Å². The molecule has 2 aromatic rings. The number of carbonyl (C=O) groups is 1. The van der Waals surface area contributed by atoms with Gasteiger partial charge in [0.25, 0.3) is 0 Å². The molecule has 0 N–H and O–H groups in total. The summed E-state index contributed by atoms with van der Waals surface area (Å²) in [5.74, 6) is -0.217. The highest BCUT2D eigenvalue weighted by Crippen LogP contribution is 2.16. The summed E-state index contributed by atoms with van der Waals surface area (Å²) >= 11 is 1.61. The largest absolute Gasteiger partial charge is 0.394 e. The highest BCUT2D eigenvalue weighted by molar-refractivity contribution is 14.1. The second-order valence-electron chi connectivity index (χ2n) is 3.31. The quantitative estimate of drug-likeness (QED) is 0.796. The van der Waals surface area contributed by atoms with E-state index in [9.17, 15) is 4.79 Å². The average molecular weight is 312 g/mol. The van der Waals surface area contributed by atoms with Crippen LogP contribution in [-0.2, 0) is 14.3 Å². The zero-order chi connectivity index (χ0) is 10.7. The van der Waals surface area contributed by atoms with Crippen LogP contribution in [0.15, 0.2) is 42.5 Å². The lowest BCUT2D eigenvalue weighted by atomic mass is 10.1. The summed E-state index contributed by atoms with van der Waals surface area (Å²) in [6.07, 6.45) is 0.327. The Labute approximate surface area is 102 Å². The Hall–Kier alpha value is -1.10. The summed E-state index contributed by atoms with van der Waals surface area (Å²) < 4.78 is 4.60. The normalized spacial score (nSPS) is 10.2. The molecule has 3 heteroatoms. The van der Waals surface area contributed by atoms with E-state index in [1.54, 1.807) is 23.0 Å². The second kappa shape index (κ2) is 4.61. The van der Waals surface area contributed by atoms with Gasteiger partial charge in [0, 0.05) is 0 Å². The molecule has 15 heavy (non-hydrogen) atoms. The Bertz CT molecular complexity index is 494. The fraction of sp³-hybridized carbons (Fsp3) is 0.0833. The zero-order valence-electron chi connectivity index (χ0n) is 7.94. The number of hydrogen-bond acceptors (Lipinski definition) is 2. The number of fused-ring (bicyclic) bond motifs is 1. The Morgan fingerprint density at radius 3 is 2.60 bits per heavy atom. The van der Waals surface area contributed by atoms with Gasteiger partial charge in [0.1, 0.15) is 0 Å². The van der Waals surface area contributed by atoms with Crippen LogP contribution in [0.2, 0.25) is 0 Å². The van der Waals surface area contributed by atoms with E-state index in [0.29, 0.717) is 6.42 Å². The first-order valence-electron chi connectivity index (χ1n) is 4.59. The first kappa shape index (κ1) is 10.4. The standard InChI is InChI=1S/C12H9IO2/c13-15-12(14)8-9-5-6-10-3-1-2-4-11(10)7-9/h1-7H,8H2. The molecule has 2 nitrogen and oxygen atoms in total. The Morgan fingerprint density at radius 2 is 1.87 bits per heavy atom. The maximum atomic E-state index is 11.1. The SMILES string of the molecule is O=C(Cc1ccc2ccccc2c1)OI. The molecule has 2 aromatic carbocycles. The van der Waals surface area contributed by atoms with E-state index in [0.717, 1.165) is 10.9 Å².